The number of aryl methyl sites for hydroxylation is 1. The molecule has 0 saturated carbocycles. The summed E-state index contributed by atoms with van der Waals surface area (Å²) in [7, 11) is 4.20. The normalized spacial score (nSPS) is 28.3. The third-order valence-electron chi connectivity index (χ3n) is 4.37. The summed E-state index contributed by atoms with van der Waals surface area (Å²) in [5.74, 6) is -4.37. The molecule has 0 aromatic heterocycles. The third-order valence-corrected chi connectivity index (χ3v) is 4.37. The smallest absolute Gasteiger partial charge is 0.323 e. The first-order valence-electron chi connectivity index (χ1n) is 7.33. The van der Waals surface area contributed by atoms with E-state index in [0.717, 1.165) is 11.1 Å². The Morgan fingerprint density at radius 2 is 1.83 bits per heavy atom. The highest BCUT2D eigenvalue weighted by Gasteiger charge is 2.60. The Labute approximate surface area is 135 Å². The van der Waals surface area contributed by atoms with Crippen molar-refractivity contribution in [1.29, 1.82) is 0 Å². The van der Waals surface area contributed by atoms with Gasteiger partial charge in [-0.3, -0.25) is 9.59 Å². The number of carbonyl (C=O) groups is 2. The maximum Gasteiger partial charge on any atom is 0.323 e. The minimum absolute atomic E-state index is 0.559. The molecule has 1 aromatic rings. The molecular formula is C17H22O6. The Morgan fingerprint density at radius 3 is 2.30 bits per heavy atom. The van der Waals surface area contributed by atoms with Gasteiger partial charge in [0, 0.05) is 21.1 Å². The van der Waals surface area contributed by atoms with Crippen LogP contribution < -0.4 is 0 Å². The van der Waals surface area contributed by atoms with E-state index in [-0.39, 0.29) is 0 Å². The van der Waals surface area contributed by atoms with Crippen LogP contribution in [0.2, 0.25) is 0 Å². The summed E-state index contributed by atoms with van der Waals surface area (Å²) >= 11 is 0. The van der Waals surface area contributed by atoms with Crippen molar-refractivity contribution in [2.75, 3.05) is 21.3 Å². The Balaban J connectivity index is 2.49. The van der Waals surface area contributed by atoms with E-state index >= 15 is 0 Å². The molecule has 0 bridgehead atoms. The second-order valence-electron chi connectivity index (χ2n) is 5.73. The molecule has 6 heteroatoms. The molecule has 23 heavy (non-hydrogen) atoms. The van der Waals surface area contributed by atoms with Crippen LogP contribution in [0.5, 0.6) is 0 Å². The zero-order chi connectivity index (χ0) is 17.2. The predicted molar refractivity (Wildman–Crippen MR) is 81.4 cm³/mol. The van der Waals surface area contributed by atoms with Crippen LogP contribution in [0.25, 0.3) is 0 Å². The molecule has 0 aliphatic carbocycles. The van der Waals surface area contributed by atoms with Crippen LogP contribution in [-0.4, -0.2) is 39.1 Å². The quantitative estimate of drug-likeness (QED) is 0.610. The first-order chi connectivity index (χ1) is 10.9. The van der Waals surface area contributed by atoms with Gasteiger partial charge in [-0.1, -0.05) is 29.8 Å². The molecule has 0 spiro atoms. The highest BCUT2D eigenvalue weighted by atomic mass is 16.7. The number of cyclic esters (lactones) is 1. The molecule has 1 heterocycles. The van der Waals surface area contributed by atoms with Crippen molar-refractivity contribution in [3.8, 4) is 0 Å². The van der Waals surface area contributed by atoms with Crippen molar-refractivity contribution in [3.63, 3.8) is 0 Å². The highest BCUT2D eigenvalue weighted by molar-refractivity contribution is 5.97. The van der Waals surface area contributed by atoms with Crippen LogP contribution in [0.3, 0.4) is 0 Å². The standard InChI is InChI=1S/C17H22O6/c1-10-6-8-11(9-7-10)14(20-3)13-12(15(18)21-4)16(19)23-17(13,2)22-5/h6-9,12-14H,1-5H3/t12-,13-,14?,17-/m1/s1. The maximum atomic E-state index is 12.2. The van der Waals surface area contributed by atoms with Crippen LogP contribution in [0.15, 0.2) is 24.3 Å². The van der Waals surface area contributed by atoms with E-state index in [2.05, 4.69) is 0 Å². The van der Waals surface area contributed by atoms with E-state index in [4.69, 9.17) is 18.9 Å². The van der Waals surface area contributed by atoms with Gasteiger partial charge in [-0.25, -0.2) is 0 Å². The molecule has 126 valence electrons. The van der Waals surface area contributed by atoms with Crippen molar-refractivity contribution >= 4 is 11.9 Å². The lowest BCUT2D eigenvalue weighted by Crippen LogP contribution is -2.42. The van der Waals surface area contributed by atoms with Gasteiger partial charge in [0.25, 0.3) is 0 Å². The number of carbonyl (C=O) groups excluding carboxylic acids is 2. The van der Waals surface area contributed by atoms with Crippen LogP contribution in [0.1, 0.15) is 24.2 Å². The zero-order valence-electron chi connectivity index (χ0n) is 14.0. The fraction of sp³-hybridized carbons (Fsp3) is 0.529. The Hall–Kier alpha value is -1.92. The number of ether oxygens (including phenoxy) is 4. The monoisotopic (exact) mass is 322 g/mol. The second kappa shape index (κ2) is 6.68. The van der Waals surface area contributed by atoms with Gasteiger partial charge >= 0.3 is 11.9 Å². The molecule has 1 saturated heterocycles. The fourth-order valence-corrected chi connectivity index (χ4v) is 3.02. The highest BCUT2D eigenvalue weighted by Crippen LogP contribution is 2.47. The van der Waals surface area contributed by atoms with Crippen molar-refractivity contribution in [1.82, 2.24) is 0 Å². The molecule has 1 aromatic carbocycles. The summed E-state index contributed by atoms with van der Waals surface area (Å²) < 4.78 is 21.1. The van der Waals surface area contributed by atoms with Crippen molar-refractivity contribution in [3.05, 3.63) is 35.4 Å². The van der Waals surface area contributed by atoms with Crippen LogP contribution in [0, 0.1) is 18.8 Å². The van der Waals surface area contributed by atoms with E-state index in [0.29, 0.717) is 0 Å². The number of hydrogen-bond acceptors (Lipinski definition) is 6. The molecule has 1 aliphatic heterocycles. The topological polar surface area (TPSA) is 71.1 Å². The van der Waals surface area contributed by atoms with E-state index in [1.807, 2.05) is 31.2 Å². The summed E-state index contributed by atoms with van der Waals surface area (Å²) in [5.41, 5.74) is 1.93. The molecule has 2 rings (SSSR count). The van der Waals surface area contributed by atoms with E-state index in [1.54, 1.807) is 6.92 Å². The lowest BCUT2D eigenvalue weighted by Gasteiger charge is -2.34. The number of methoxy groups -OCH3 is 3. The molecule has 0 N–H and O–H groups in total. The summed E-state index contributed by atoms with van der Waals surface area (Å²) in [6.45, 7) is 3.60. The fourth-order valence-electron chi connectivity index (χ4n) is 3.02. The van der Waals surface area contributed by atoms with Crippen molar-refractivity contribution < 1.29 is 28.5 Å². The molecule has 0 radical (unpaired) electrons. The van der Waals surface area contributed by atoms with Gasteiger partial charge in [0.05, 0.1) is 19.1 Å². The number of hydrogen-bond donors (Lipinski definition) is 0. The third kappa shape index (κ3) is 3.09. The van der Waals surface area contributed by atoms with E-state index in [1.165, 1.54) is 21.3 Å². The molecule has 1 aliphatic rings. The van der Waals surface area contributed by atoms with Gasteiger partial charge in [0.15, 0.2) is 5.92 Å². The zero-order valence-corrected chi connectivity index (χ0v) is 14.0. The lowest BCUT2D eigenvalue weighted by molar-refractivity contribution is -0.221. The largest absolute Gasteiger partial charge is 0.468 e. The van der Waals surface area contributed by atoms with Crippen LogP contribution in [0.4, 0.5) is 0 Å². The van der Waals surface area contributed by atoms with Crippen LogP contribution >= 0.6 is 0 Å². The maximum absolute atomic E-state index is 12.2. The van der Waals surface area contributed by atoms with Crippen LogP contribution in [-0.2, 0) is 28.5 Å². The summed E-state index contributed by atoms with van der Waals surface area (Å²) in [4.78, 5) is 24.3. The molecule has 6 nitrogen and oxygen atoms in total. The van der Waals surface area contributed by atoms with Crippen molar-refractivity contribution in [2.24, 2.45) is 11.8 Å². The first-order valence-corrected chi connectivity index (χ1v) is 7.33. The molecule has 0 amide bonds. The Bertz CT molecular complexity index is 581. The molecular weight excluding hydrogens is 300 g/mol. The average Bonchev–Trinajstić information content (AvgIpc) is 2.81. The van der Waals surface area contributed by atoms with Gasteiger partial charge in [0.2, 0.25) is 5.79 Å². The average molecular weight is 322 g/mol. The minimum Gasteiger partial charge on any atom is -0.468 e. The van der Waals surface area contributed by atoms with Gasteiger partial charge < -0.3 is 18.9 Å². The summed E-state index contributed by atoms with van der Waals surface area (Å²) in [6.07, 6.45) is -0.559. The second-order valence-corrected chi connectivity index (χ2v) is 5.73. The first kappa shape index (κ1) is 17.4. The van der Waals surface area contributed by atoms with E-state index in [9.17, 15) is 9.59 Å². The van der Waals surface area contributed by atoms with Gasteiger partial charge in [-0.2, -0.15) is 0 Å². The van der Waals surface area contributed by atoms with Gasteiger partial charge in [0.1, 0.15) is 0 Å². The Kier molecular flexibility index (Phi) is 5.06. The number of esters is 2. The number of benzene rings is 1. The SMILES string of the molecule is COC(=O)[C@@H]1C(=O)O[C@@](C)(OC)[C@H]1C(OC)c1ccc(C)cc1. The van der Waals surface area contributed by atoms with Gasteiger partial charge in [-0.15, -0.1) is 0 Å². The Morgan fingerprint density at radius 1 is 1.22 bits per heavy atom. The molecule has 4 atom stereocenters. The van der Waals surface area contributed by atoms with Gasteiger partial charge in [-0.05, 0) is 12.5 Å². The number of rotatable bonds is 5. The molecule has 1 unspecified atom stereocenters. The lowest BCUT2D eigenvalue weighted by atomic mass is 9.80. The van der Waals surface area contributed by atoms with E-state index < -0.39 is 35.7 Å². The van der Waals surface area contributed by atoms with Crippen molar-refractivity contribution in [2.45, 2.75) is 25.7 Å². The summed E-state index contributed by atoms with van der Waals surface area (Å²) in [6, 6.07) is 7.68. The summed E-state index contributed by atoms with van der Waals surface area (Å²) in [5, 5.41) is 0. The minimum atomic E-state index is -1.28. The predicted octanol–water partition coefficient (Wildman–Crippen LogP) is 2.01. The molecule has 1 fully saturated rings.